The summed E-state index contributed by atoms with van der Waals surface area (Å²) in [5.74, 6) is -0.563. The van der Waals surface area contributed by atoms with Crippen LogP contribution < -0.4 is 4.74 Å². The molecule has 51 heavy (non-hydrogen) atoms. The fourth-order valence-electron chi connectivity index (χ4n) is 6.39. The first-order chi connectivity index (χ1) is 24.2. The number of carboxylic acid groups (broad SMARTS) is 1. The third-order valence-electron chi connectivity index (χ3n) is 9.05. The van der Waals surface area contributed by atoms with Crippen LogP contribution in [0.5, 0.6) is 5.75 Å². The molecule has 0 spiro atoms. The van der Waals surface area contributed by atoms with Gasteiger partial charge in [-0.3, -0.25) is 13.9 Å². The minimum Gasteiger partial charge on any atom is -0.487 e. The number of ether oxygens (including phenoxy) is 2. The molecule has 6 rings (SSSR count). The highest BCUT2D eigenvalue weighted by molar-refractivity contribution is 8.22. The Morgan fingerprint density at radius 2 is 1.65 bits per heavy atom. The Morgan fingerprint density at radius 1 is 0.961 bits per heavy atom. The first-order valence-corrected chi connectivity index (χ1v) is 18.3. The number of fused-ring (bicyclic) bond motifs is 1. The number of benzene rings is 3. The van der Waals surface area contributed by atoms with Gasteiger partial charge >= 0.3 is 5.97 Å². The van der Waals surface area contributed by atoms with E-state index >= 15 is 0 Å². The first kappa shape index (κ1) is 36.2. The van der Waals surface area contributed by atoms with E-state index < -0.39 is 28.3 Å². The molecule has 1 aliphatic heterocycles. The van der Waals surface area contributed by atoms with Gasteiger partial charge in [-0.15, -0.1) is 21.0 Å². The number of hydrogen-bond donors (Lipinski definition) is 3. The molecule has 3 N–H and O–H groups in total. The minimum absolute atomic E-state index is 0.0353. The molecule has 0 amide bonds. The number of para-hydroxylation sites is 1. The van der Waals surface area contributed by atoms with E-state index in [2.05, 4.69) is 38.8 Å². The number of hydrogen-bond acceptors (Lipinski definition) is 10. The van der Waals surface area contributed by atoms with Gasteiger partial charge in [0.2, 0.25) is 0 Å². The Kier molecular flexibility index (Phi) is 10.3. The van der Waals surface area contributed by atoms with Gasteiger partial charge < -0.3 is 14.6 Å². The van der Waals surface area contributed by atoms with E-state index in [1.165, 1.54) is 0 Å². The SMILES string of the molecule is Cc1cc(Cn2cc(C)nn2)cc(Cn2cc(COC(c3ccc(C)c(CN4CC(C)Oc5ccccc5S4(O)O)c3)C(C)(C)C(=O)O)nn2)c1. The molecule has 13 nitrogen and oxygen atoms in total. The maximum Gasteiger partial charge on any atom is 0.312 e. The van der Waals surface area contributed by atoms with Gasteiger partial charge in [0.15, 0.2) is 0 Å². The van der Waals surface area contributed by atoms with E-state index in [-0.39, 0.29) is 25.8 Å². The summed E-state index contributed by atoms with van der Waals surface area (Å²) < 4.78 is 40.5. The Balaban J connectivity index is 1.20. The fraction of sp³-hybridized carbons (Fsp3) is 0.378. The molecule has 2 atom stereocenters. The van der Waals surface area contributed by atoms with Crippen LogP contribution in [0, 0.1) is 26.2 Å². The topological polar surface area (TPSA) is 161 Å². The zero-order chi connectivity index (χ0) is 36.5. The van der Waals surface area contributed by atoms with E-state index in [4.69, 9.17) is 9.47 Å². The van der Waals surface area contributed by atoms with E-state index in [9.17, 15) is 19.0 Å². The highest BCUT2D eigenvalue weighted by atomic mass is 32.3. The van der Waals surface area contributed by atoms with Crippen LogP contribution in [0.3, 0.4) is 0 Å². The van der Waals surface area contributed by atoms with Gasteiger partial charge in [-0.1, -0.05) is 64.5 Å². The van der Waals surface area contributed by atoms with Gasteiger partial charge in [-0.2, -0.15) is 4.31 Å². The molecule has 0 saturated heterocycles. The number of aromatic nitrogens is 6. The van der Waals surface area contributed by atoms with Crippen LogP contribution >= 0.6 is 10.8 Å². The highest BCUT2D eigenvalue weighted by Crippen LogP contribution is 2.57. The second-order valence-corrected chi connectivity index (χ2v) is 15.9. The molecule has 0 saturated carbocycles. The summed E-state index contributed by atoms with van der Waals surface area (Å²) >= 11 is 0. The molecule has 1 aliphatic rings. The number of aryl methyl sites for hydroxylation is 3. The fourth-order valence-corrected chi connectivity index (χ4v) is 8.05. The van der Waals surface area contributed by atoms with Crippen LogP contribution in [0.2, 0.25) is 0 Å². The van der Waals surface area contributed by atoms with Crippen LogP contribution in [0.4, 0.5) is 0 Å². The lowest BCUT2D eigenvalue weighted by Gasteiger charge is -2.42. The Labute approximate surface area is 299 Å². The Morgan fingerprint density at radius 3 is 2.33 bits per heavy atom. The van der Waals surface area contributed by atoms with Gasteiger partial charge in [-0.05, 0) is 81.5 Å². The van der Waals surface area contributed by atoms with Crippen LogP contribution in [-0.4, -0.2) is 67.1 Å². The van der Waals surface area contributed by atoms with Crippen LogP contribution in [0.15, 0.2) is 78.0 Å². The lowest BCUT2D eigenvalue weighted by molar-refractivity contribution is -0.158. The zero-order valence-corrected chi connectivity index (χ0v) is 30.5. The lowest BCUT2D eigenvalue weighted by Crippen LogP contribution is -2.34. The quantitative estimate of drug-likeness (QED) is 0.128. The van der Waals surface area contributed by atoms with Gasteiger partial charge in [0.25, 0.3) is 0 Å². The largest absolute Gasteiger partial charge is 0.487 e. The monoisotopic (exact) mass is 715 g/mol. The average Bonchev–Trinajstić information content (AvgIpc) is 3.67. The van der Waals surface area contributed by atoms with Gasteiger partial charge in [-0.25, -0.2) is 9.36 Å². The molecule has 2 aromatic heterocycles. The van der Waals surface area contributed by atoms with Crippen LogP contribution in [-0.2, 0) is 35.8 Å². The number of rotatable bonds is 12. The highest BCUT2D eigenvalue weighted by Gasteiger charge is 2.40. The molecule has 5 aromatic rings. The van der Waals surface area contributed by atoms with E-state index in [1.807, 2.05) is 56.8 Å². The molecular weight excluding hydrogens is 671 g/mol. The van der Waals surface area contributed by atoms with E-state index in [1.54, 1.807) is 53.3 Å². The summed E-state index contributed by atoms with van der Waals surface area (Å²) in [7, 11) is -3.37. The molecule has 3 heterocycles. The van der Waals surface area contributed by atoms with Crippen LogP contribution in [0.1, 0.15) is 71.6 Å². The molecule has 0 bridgehead atoms. The van der Waals surface area contributed by atoms with Crippen molar-refractivity contribution >= 4 is 16.7 Å². The summed E-state index contributed by atoms with van der Waals surface area (Å²) in [4.78, 5) is 12.9. The second-order valence-electron chi connectivity index (χ2n) is 13.9. The molecule has 0 fully saturated rings. The van der Waals surface area contributed by atoms with Crippen molar-refractivity contribution in [2.75, 3.05) is 6.54 Å². The molecule has 270 valence electrons. The van der Waals surface area contributed by atoms with Crippen molar-refractivity contribution in [3.8, 4) is 5.75 Å². The van der Waals surface area contributed by atoms with Crippen molar-refractivity contribution in [1.82, 2.24) is 34.3 Å². The number of nitrogens with zero attached hydrogens (tertiary/aromatic N) is 7. The third kappa shape index (κ3) is 8.16. The van der Waals surface area contributed by atoms with Crippen molar-refractivity contribution in [2.24, 2.45) is 5.41 Å². The van der Waals surface area contributed by atoms with Crippen molar-refractivity contribution in [3.05, 3.63) is 118 Å². The van der Waals surface area contributed by atoms with Gasteiger partial charge in [0.05, 0.1) is 49.7 Å². The van der Waals surface area contributed by atoms with Gasteiger partial charge in [0, 0.05) is 12.7 Å². The molecule has 2 unspecified atom stereocenters. The standard InChI is InChI=1S/C37H45N7O6S/c1-24-13-28(19-42-17-26(3)38-40-42)15-29(14-24)20-43-22-32(39-41-43)23-49-35(37(5,6)36(45)46)30-12-11-25(2)31(16-30)21-44-18-27(4)50-33-9-7-8-10-34(33)51(44,47)48/h7-17,22,27,35,47-48H,18-21,23H2,1-6H3,(H,45,46). The Bertz CT molecular complexity index is 2030. The summed E-state index contributed by atoms with van der Waals surface area (Å²) in [6, 6.07) is 19.0. The third-order valence-corrected chi connectivity index (χ3v) is 11.0. The molecular formula is C37H45N7O6S. The van der Waals surface area contributed by atoms with Crippen molar-refractivity contribution in [1.29, 1.82) is 0 Å². The predicted molar refractivity (Wildman–Crippen MR) is 192 cm³/mol. The summed E-state index contributed by atoms with van der Waals surface area (Å²) in [6.07, 6.45) is 2.56. The average molecular weight is 716 g/mol. The zero-order valence-electron chi connectivity index (χ0n) is 29.7. The predicted octanol–water partition coefficient (Wildman–Crippen LogP) is 6.57. The maximum atomic E-state index is 12.6. The van der Waals surface area contributed by atoms with Crippen molar-refractivity contribution in [3.63, 3.8) is 0 Å². The lowest BCUT2D eigenvalue weighted by atomic mass is 9.81. The Hall–Kier alpha value is -4.60. The second kappa shape index (κ2) is 14.6. The summed E-state index contributed by atoms with van der Waals surface area (Å²) in [6.45, 7) is 12.7. The van der Waals surface area contributed by atoms with Crippen molar-refractivity contribution in [2.45, 2.75) is 84.9 Å². The molecule has 0 radical (unpaired) electrons. The number of aliphatic carboxylic acids is 1. The maximum absolute atomic E-state index is 12.6. The van der Waals surface area contributed by atoms with Crippen molar-refractivity contribution < 1.29 is 28.5 Å². The normalized spacial score (nSPS) is 17.3. The summed E-state index contributed by atoms with van der Waals surface area (Å²) in [5, 5.41) is 27.2. The number of carbonyl (C=O) groups is 1. The van der Waals surface area contributed by atoms with E-state index in [0.717, 1.165) is 33.5 Å². The number of carboxylic acids is 1. The molecule has 14 heteroatoms. The van der Waals surface area contributed by atoms with Gasteiger partial charge in [0.1, 0.15) is 22.4 Å². The minimum atomic E-state index is -3.37. The first-order valence-electron chi connectivity index (χ1n) is 16.8. The van der Waals surface area contributed by atoms with E-state index in [0.29, 0.717) is 35.0 Å². The smallest absolute Gasteiger partial charge is 0.312 e. The summed E-state index contributed by atoms with van der Waals surface area (Å²) in [5.41, 5.74) is 5.78. The molecule has 3 aromatic carbocycles. The molecule has 0 aliphatic carbocycles. The van der Waals surface area contributed by atoms with Crippen LogP contribution in [0.25, 0.3) is 0 Å².